The van der Waals surface area contributed by atoms with Crippen LogP contribution in [0.2, 0.25) is 0 Å². The number of phenolic OH excluding ortho intramolecular Hbond substituents is 1. The molecule has 14 nitrogen and oxygen atoms in total. The number of aliphatic hydroxyl groups is 6. The summed E-state index contributed by atoms with van der Waals surface area (Å²) >= 11 is 0. The summed E-state index contributed by atoms with van der Waals surface area (Å²) < 4.78 is 33.1. The van der Waals surface area contributed by atoms with Crippen molar-refractivity contribution >= 4 is 11.0 Å². The number of hydrogen-bond donors (Lipinski definition) is 7. The molecule has 5 rings (SSSR count). The average molecular weight is 579 g/mol. The Kier molecular flexibility index (Phi) is 8.47. The Bertz CT molecular complexity index is 1410. The number of aliphatic hydroxyl groups excluding tert-OH is 6. The number of hydrogen-bond acceptors (Lipinski definition) is 14. The summed E-state index contributed by atoms with van der Waals surface area (Å²) in [6.07, 6.45) is -12.4. The summed E-state index contributed by atoms with van der Waals surface area (Å²) in [5.74, 6) is 0.0959. The zero-order chi connectivity index (χ0) is 29.4. The van der Waals surface area contributed by atoms with Gasteiger partial charge in [-0.1, -0.05) is 12.1 Å². The summed E-state index contributed by atoms with van der Waals surface area (Å²) in [4.78, 5) is 13.2. The zero-order valence-electron chi connectivity index (χ0n) is 21.6. The van der Waals surface area contributed by atoms with Gasteiger partial charge in [0.2, 0.25) is 11.7 Å². The third-order valence-corrected chi connectivity index (χ3v) is 7.03. The van der Waals surface area contributed by atoms with E-state index in [1.54, 1.807) is 12.1 Å². The lowest BCUT2D eigenvalue weighted by molar-refractivity contribution is -0.307. The van der Waals surface area contributed by atoms with Gasteiger partial charge in [0.1, 0.15) is 60.3 Å². The normalized spacial score (nSPS) is 32.1. The summed E-state index contributed by atoms with van der Waals surface area (Å²) in [5.41, 5.74) is 0.502. The molecule has 0 spiro atoms. The van der Waals surface area contributed by atoms with Crippen LogP contribution in [-0.4, -0.2) is 111 Å². The van der Waals surface area contributed by atoms with Gasteiger partial charge in [0.15, 0.2) is 17.8 Å². The van der Waals surface area contributed by atoms with Gasteiger partial charge in [-0.3, -0.25) is 4.79 Å². The van der Waals surface area contributed by atoms with Gasteiger partial charge < -0.3 is 63.8 Å². The zero-order valence-corrected chi connectivity index (χ0v) is 21.6. The van der Waals surface area contributed by atoms with Crippen molar-refractivity contribution in [3.8, 4) is 28.4 Å². The smallest absolute Gasteiger partial charge is 0.229 e. The van der Waals surface area contributed by atoms with Crippen LogP contribution in [0.4, 0.5) is 0 Å². The van der Waals surface area contributed by atoms with E-state index in [4.69, 9.17) is 28.1 Å². The standard InChI is InChI=1S/C27H30O14/c1-36-17-6-13-16(37-8-14(20(13)30)11-2-4-12(28)5-3-11)7-18(17)40-27-25(35)23(33)22(32)19(41-27)10-39-26-24(34)21(31)15(29)9-38-26/h2-8,15,19,21-29,31-35H,9-10H2,1H3/t15-,19-,21+,22-,23+,24-,25-,26+,27-/m1/s1. The Hall–Kier alpha value is -3.31. The molecular weight excluding hydrogens is 548 g/mol. The van der Waals surface area contributed by atoms with Crippen LogP contribution in [0.25, 0.3) is 22.1 Å². The van der Waals surface area contributed by atoms with Crippen LogP contribution in [0, 0.1) is 0 Å². The van der Waals surface area contributed by atoms with E-state index in [0.29, 0.717) is 5.56 Å². The van der Waals surface area contributed by atoms with Crippen LogP contribution in [0.1, 0.15) is 0 Å². The Morgan fingerprint density at radius 1 is 0.878 bits per heavy atom. The Morgan fingerprint density at radius 3 is 2.29 bits per heavy atom. The van der Waals surface area contributed by atoms with Crippen molar-refractivity contribution in [1.82, 2.24) is 0 Å². The molecule has 2 fully saturated rings. The van der Waals surface area contributed by atoms with E-state index < -0.39 is 61.9 Å². The maximum absolute atomic E-state index is 13.2. The van der Waals surface area contributed by atoms with Gasteiger partial charge in [0.25, 0.3) is 0 Å². The van der Waals surface area contributed by atoms with Gasteiger partial charge in [-0.15, -0.1) is 0 Å². The van der Waals surface area contributed by atoms with Gasteiger partial charge in [-0.2, -0.15) is 0 Å². The minimum atomic E-state index is -1.73. The minimum absolute atomic E-state index is 0.0176. The first kappa shape index (κ1) is 29.2. The lowest BCUT2D eigenvalue weighted by Gasteiger charge is -2.41. The molecule has 2 aliphatic rings. The SMILES string of the molecule is COc1cc2c(=O)c(-c3ccc(O)cc3)coc2cc1O[C@@H]1O[C@H](CO[C@@H]2OC[C@@H](O)[C@H](O)[C@H]2O)[C@@H](O)[C@H](O)[C@H]1O. The highest BCUT2D eigenvalue weighted by Gasteiger charge is 2.46. The van der Waals surface area contributed by atoms with Crippen LogP contribution in [0.15, 0.2) is 51.9 Å². The van der Waals surface area contributed by atoms with Crippen LogP contribution < -0.4 is 14.9 Å². The number of fused-ring (bicyclic) bond motifs is 1. The first-order valence-corrected chi connectivity index (χ1v) is 12.7. The van der Waals surface area contributed by atoms with Gasteiger partial charge in [0, 0.05) is 6.07 Å². The fraction of sp³-hybridized carbons (Fsp3) is 0.444. The molecule has 3 heterocycles. The van der Waals surface area contributed by atoms with Crippen molar-refractivity contribution in [3.63, 3.8) is 0 Å². The summed E-state index contributed by atoms with van der Waals surface area (Å²) in [6, 6.07) is 8.73. The summed E-state index contributed by atoms with van der Waals surface area (Å²) in [6.45, 7) is -0.766. The molecule has 222 valence electrons. The summed E-state index contributed by atoms with van der Waals surface area (Å²) in [7, 11) is 1.33. The van der Waals surface area contributed by atoms with Crippen molar-refractivity contribution in [2.24, 2.45) is 0 Å². The first-order chi connectivity index (χ1) is 19.6. The van der Waals surface area contributed by atoms with Crippen LogP contribution in [-0.2, 0) is 14.2 Å². The molecule has 0 saturated carbocycles. The highest BCUT2D eigenvalue weighted by Crippen LogP contribution is 2.35. The lowest BCUT2D eigenvalue weighted by atomic mass is 9.99. The van der Waals surface area contributed by atoms with Crippen molar-refractivity contribution in [3.05, 3.63) is 52.9 Å². The highest BCUT2D eigenvalue weighted by molar-refractivity contribution is 5.84. The van der Waals surface area contributed by atoms with Crippen LogP contribution >= 0.6 is 0 Å². The number of phenols is 1. The Morgan fingerprint density at radius 2 is 1.59 bits per heavy atom. The first-order valence-electron chi connectivity index (χ1n) is 12.7. The second kappa shape index (κ2) is 11.9. The van der Waals surface area contributed by atoms with Gasteiger partial charge >= 0.3 is 0 Å². The molecule has 3 aromatic rings. The molecule has 0 radical (unpaired) electrons. The molecule has 41 heavy (non-hydrogen) atoms. The molecule has 1 aromatic heterocycles. The largest absolute Gasteiger partial charge is 0.508 e. The van der Waals surface area contributed by atoms with Crippen molar-refractivity contribution < 1.29 is 63.8 Å². The molecule has 0 amide bonds. The highest BCUT2D eigenvalue weighted by atomic mass is 16.7. The molecule has 0 bridgehead atoms. The quantitative estimate of drug-likeness (QED) is 0.176. The number of benzene rings is 2. The molecule has 7 N–H and O–H groups in total. The second-order valence-electron chi connectivity index (χ2n) is 9.74. The minimum Gasteiger partial charge on any atom is -0.508 e. The monoisotopic (exact) mass is 578 g/mol. The molecule has 2 saturated heterocycles. The molecule has 14 heteroatoms. The molecule has 9 atom stereocenters. The van der Waals surface area contributed by atoms with E-state index in [0.717, 1.165) is 0 Å². The number of ether oxygens (including phenoxy) is 5. The summed E-state index contributed by atoms with van der Waals surface area (Å²) in [5, 5.41) is 70.6. The van der Waals surface area contributed by atoms with E-state index in [9.17, 15) is 40.5 Å². The van der Waals surface area contributed by atoms with Gasteiger partial charge in [-0.05, 0) is 23.8 Å². The van der Waals surface area contributed by atoms with Crippen LogP contribution in [0.3, 0.4) is 0 Å². The fourth-order valence-electron chi connectivity index (χ4n) is 4.62. The third-order valence-electron chi connectivity index (χ3n) is 7.03. The Balaban J connectivity index is 1.36. The predicted octanol–water partition coefficient (Wildman–Crippen LogP) is -1.18. The average Bonchev–Trinajstić information content (AvgIpc) is 2.97. The van der Waals surface area contributed by atoms with Crippen molar-refractivity contribution in [2.45, 2.75) is 55.3 Å². The topological polar surface area (TPSA) is 218 Å². The molecule has 2 aliphatic heterocycles. The van der Waals surface area contributed by atoms with Gasteiger partial charge in [-0.25, -0.2) is 0 Å². The van der Waals surface area contributed by atoms with E-state index in [1.807, 2.05) is 0 Å². The fourth-order valence-corrected chi connectivity index (χ4v) is 4.62. The van der Waals surface area contributed by atoms with Crippen molar-refractivity contribution in [2.75, 3.05) is 20.3 Å². The maximum Gasteiger partial charge on any atom is 0.229 e. The molecule has 2 aromatic carbocycles. The maximum atomic E-state index is 13.2. The van der Waals surface area contributed by atoms with Gasteiger partial charge in [0.05, 0.1) is 31.3 Å². The van der Waals surface area contributed by atoms with Crippen LogP contribution in [0.5, 0.6) is 17.2 Å². The number of methoxy groups -OCH3 is 1. The van der Waals surface area contributed by atoms with E-state index >= 15 is 0 Å². The third kappa shape index (κ3) is 5.74. The number of rotatable bonds is 7. The Labute approximate surface area is 232 Å². The van der Waals surface area contributed by atoms with E-state index in [-0.39, 0.29) is 45.8 Å². The molecule has 0 aliphatic carbocycles. The van der Waals surface area contributed by atoms with E-state index in [2.05, 4.69) is 0 Å². The lowest BCUT2D eigenvalue weighted by Crippen LogP contribution is -2.61. The van der Waals surface area contributed by atoms with Crippen molar-refractivity contribution in [1.29, 1.82) is 0 Å². The molecule has 0 unspecified atom stereocenters. The predicted molar refractivity (Wildman–Crippen MR) is 137 cm³/mol. The second-order valence-corrected chi connectivity index (χ2v) is 9.74. The molecular formula is C27H30O14. The van der Waals surface area contributed by atoms with E-state index in [1.165, 1.54) is 37.6 Å². The number of aromatic hydroxyl groups is 1.